The first-order chi connectivity index (χ1) is 12.6. The van der Waals surface area contributed by atoms with E-state index in [9.17, 15) is 4.79 Å². The molecule has 7 heteroatoms. The third-order valence-corrected chi connectivity index (χ3v) is 5.18. The van der Waals surface area contributed by atoms with Crippen LogP contribution in [0.25, 0.3) is 0 Å². The third kappa shape index (κ3) is 3.31. The predicted octanol–water partition coefficient (Wildman–Crippen LogP) is 2.81. The van der Waals surface area contributed by atoms with E-state index < -0.39 is 0 Å². The fraction of sp³-hybridized carbons (Fsp3) is 0.526. The SMILES string of the molecule is Cc1noc([C@H](C)N2CCC(C(=O)c3ccc4c(c3)OCCO4)CC2)n1. The number of piperidine rings is 1. The van der Waals surface area contributed by atoms with E-state index >= 15 is 0 Å². The second-order valence-corrected chi connectivity index (χ2v) is 6.89. The molecule has 0 aliphatic carbocycles. The minimum Gasteiger partial charge on any atom is -0.486 e. The van der Waals surface area contributed by atoms with Crippen molar-refractivity contribution in [2.75, 3.05) is 26.3 Å². The van der Waals surface area contributed by atoms with Crippen LogP contribution in [0.2, 0.25) is 0 Å². The zero-order chi connectivity index (χ0) is 18.1. The monoisotopic (exact) mass is 357 g/mol. The van der Waals surface area contributed by atoms with Crippen LogP contribution < -0.4 is 9.47 Å². The molecule has 0 unspecified atom stereocenters. The molecule has 1 aromatic carbocycles. The van der Waals surface area contributed by atoms with Crippen molar-refractivity contribution in [2.45, 2.75) is 32.7 Å². The molecule has 1 atom stereocenters. The van der Waals surface area contributed by atoms with Crippen LogP contribution in [0.1, 0.15) is 47.9 Å². The van der Waals surface area contributed by atoms with E-state index in [1.807, 2.05) is 25.1 Å². The van der Waals surface area contributed by atoms with Crippen LogP contribution in [0.3, 0.4) is 0 Å². The molecule has 0 radical (unpaired) electrons. The molecule has 1 fully saturated rings. The van der Waals surface area contributed by atoms with E-state index in [1.54, 1.807) is 0 Å². The number of benzene rings is 1. The maximum Gasteiger partial charge on any atom is 0.243 e. The molecular weight excluding hydrogens is 334 g/mol. The normalized spacial score (nSPS) is 19.3. The Balaban J connectivity index is 1.39. The Hall–Kier alpha value is -2.41. The Labute approximate surface area is 152 Å². The van der Waals surface area contributed by atoms with Crippen LogP contribution in [0, 0.1) is 12.8 Å². The summed E-state index contributed by atoms with van der Waals surface area (Å²) in [5.41, 5.74) is 0.702. The number of carbonyl (C=O) groups is 1. The lowest BCUT2D eigenvalue weighted by atomic mass is 9.88. The van der Waals surface area contributed by atoms with Crippen molar-refractivity contribution in [3.05, 3.63) is 35.5 Å². The first-order valence-corrected chi connectivity index (χ1v) is 9.10. The third-order valence-electron chi connectivity index (χ3n) is 5.18. The van der Waals surface area contributed by atoms with Gasteiger partial charge in [0.15, 0.2) is 23.1 Å². The molecule has 0 N–H and O–H groups in total. The number of fused-ring (bicyclic) bond motifs is 1. The van der Waals surface area contributed by atoms with Crippen LogP contribution in [-0.2, 0) is 0 Å². The van der Waals surface area contributed by atoms with Crippen molar-refractivity contribution >= 4 is 5.78 Å². The largest absolute Gasteiger partial charge is 0.486 e. The molecular formula is C19H23N3O4. The highest BCUT2D eigenvalue weighted by molar-refractivity contribution is 5.98. The number of carbonyl (C=O) groups excluding carboxylic acids is 1. The molecule has 2 aliphatic heterocycles. The van der Waals surface area contributed by atoms with E-state index in [0.29, 0.717) is 42.0 Å². The van der Waals surface area contributed by atoms with Crippen LogP contribution >= 0.6 is 0 Å². The number of ketones is 1. The van der Waals surface area contributed by atoms with Crippen molar-refractivity contribution in [3.63, 3.8) is 0 Å². The molecule has 0 saturated carbocycles. The minimum absolute atomic E-state index is 0.0328. The number of nitrogens with zero attached hydrogens (tertiary/aromatic N) is 3. The molecule has 4 rings (SSSR count). The topological polar surface area (TPSA) is 77.7 Å². The van der Waals surface area contributed by atoms with Gasteiger partial charge in [0.1, 0.15) is 13.2 Å². The zero-order valence-electron chi connectivity index (χ0n) is 15.1. The van der Waals surface area contributed by atoms with Gasteiger partial charge in [-0.3, -0.25) is 9.69 Å². The van der Waals surface area contributed by atoms with Gasteiger partial charge in [-0.15, -0.1) is 0 Å². The van der Waals surface area contributed by atoms with Gasteiger partial charge in [-0.2, -0.15) is 4.98 Å². The summed E-state index contributed by atoms with van der Waals surface area (Å²) in [6, 6.07) is 5.55. The molecule has 26 heavy (non-hydrogen) atoms. The minimum atomic E-state index is 0.0328. The summed E-state index contributed by atoms with van der Waals surface area (Å²) in [7, 11) is 0. The maximum atomic E-state index is 12.9. The number of Topliss-reactive ketones (excluding diaryl/α,β-unsaturated/α-hetero) is 1. The zero-order valence-corrected chi connectivity index (χ0v) is 15.1. The number of ether oxygens (including phenoxy) is 2. The summed E-state index contributed by atoms with van der Waals surface area (Å²) < 4.78 is 16.4. The van der Waals surface area contributed by atoms with Crippen LogP contribution in [0.15, 0.2) is 22.7 Å². The maximum absolute atomic E-state index is 12.9. The highest BCUT2D eigenvalue weighted by Gasteiger charge is 2.30. The highest BCUT2D eigenvalue weighted by Crippen LogP contribution is 2.33. The van der Waals surface area contributed by atoms with Gasteiger partial charge in [-0.1, -0.05) is 5.16 Å². The Kier molecular flexibility index (Phi) is 4.63. The Bertz CT molecular complexity index is 796. The number of hydrogen-bond acceptors (Lipinski definition) is 7. The lowest BCUT2D eigenvalue weighted by molar-refractivity contribution is 0.0774. The van der Waals surface area contributed by atoms with Gasteiger partial charge >= 0.3 is 0 Å². The van der Waals surface area contributed by atoms with Crippen molar-refractivity contribution in [1.82, 2.24) is 15.0 Å². The molecule has 2 aromatic rings. The molecule has 7 nitrogen and oxygen atoms in total. The second kappa shape index (κ2) is 7.07. The van der Waals surface area contributed by atoms with Crippen LogP contribution in [-0.4, -0.2) is 47.1 Å². The van der Waals surface area contributed by atoms with Gasteiger partial charge in [0.25, 0.3) is 0 Å². The molecule has 0 spiro atoms. The molecule has 3 heterocycles. The van der Waals surface area contributed by atoms with Crippen molar-refractivity contribution in [2.24, 2.45) is 5.92 Å². The lowest BCUT2D eigenvalue weighted by Gasteiger charge is -2.34. The summed E-state index contributed by atoms with van der Waals surface area (Å²) in [5, 5.41) is 3.86. The average molecular weight is 357 g/mol. The van der Waals surface area contributed by atoms with Gasteiger partial charge in [0, 0.05) is 11.5 Å². The van der Waals surface area contributed by atoms with Gasteiger partial charge in [-0.05, 0) is 58.0 Å². The quantitative estimate of drug-likeness (QED) is 0.779. The molecule has 1 saturated heterocycles. The van der Waals surface area contributed by atoms with E-state index in [-0.39, 0.29) is 17.7 Å². The fourth-order valence-corrected chi connectivity index (χ4v) is 3.62. The second-order valence-electron chi connectivity index (χ2n) is 6.89. The fourth-order valence-electron chi connectivity index (χ4n) is 3.62. The smallest absolute Gasteiger partial charge is 0.243 e. The number of rotatable bonds is 4. The summed E-state index contributed by atoms with van der Waals surface area (Å²) >= 11 is 0. The average Bonchev–Trinajstić information content (AvgIpc) is 3.13. The predicted molar refractivity (Wildman–Crippen MR) is 93.5 cm³/mol. The van der Waals surface area contributed by atoms with Crippen LogP contribution in [0.4, 0.5) is 0 Å². The standard InChI is InChI=1S/C19H23N3O4/c1-12(19-20-13(2)21-26-19)22-7-5-14(6-8-22)18(23)15-3-4-16-17(11-15)25-10-9-24-16/h3-4,11-12,14H,5-10H2,1-2H3/t12-/m0/s1. The van der Waals surface area contributed by atoms with E-state index in [2.05, 4.69) is 22.0 Å². The van der Waals surface area contributed by atoms with Gasteiger partial charge in [0.2, 0.25) is 5.89 Å². The van der Waals surface area contributed by atoms with E-state index in [1.165, 1.54) is 0 Å². The van der Waals surface area contributed by atoms with Gasteiger partial charge in [0.05, 0.1) is 6.04 Å². The number of likely N-dealkylation sites (tertiary alicyclic amines) is 1. The Morgan fingerprint density at radius 1 is 1.19 bits per heavy atom. The summed E-state index contributed by atoms with van der Waals surface area (Å²) in [6.07, 6.45) is 1.65. The van der Waals surface area contributed by atoms with Gasteiger partial charge < -0.3 is 14.0 Å². The van der Waals surface area contributed by atoms with Gasteiger partial charge in [-0.25, -0.2) is 0 Å². The van der Waals surface area contributed by atoms with Crippen LogP contribution in [0.5, 0.6) is 11.5 Å². The first kappa shape index (κ1) is 17.0. The summed E-state index contributed by atoms with van der Waals surface area (Å²) in [5.74, 6) is 2.88. The molecule has 1 aromatic heterocycles. The number of aromatic nitrogens is 2. The number of hydrogen-bond donors (Lipinski definition) is 0. The molecule has 0 amide bonds. The van der Waals surface area contributed by atoms with Crippen molar-refractivity contribution in [3.8, 4) is 11.5 Å². The van der Waals surface area contributed by atoms with Crippen molar-refractivity contribution < 1.29 is 18.8 Å². The lowest BCUT2D eigenvalue weighted by Crippen LogP contribution is -2.38. The first-order valence-electron chi connectivity index (χ1n) is 9.10. The van der Waals surface area contributed by atoms with E-state index in [0.717, 1.165) is 25.9 Å². The summed E-state index contributed by atoms with van der Waals surface area (Å²) in [4.78, 5) is 19.5. The van der Waals surface area contributed by atoms with E-state index in [4.69, 9.17) is 14.0 Å². The molecule has 2 aliphatic rings. The number of aryl methyl sites for hydroxylation is 1. The Morgan fingerprint density at radius 2 is 1.92 bits per heavy atom. The molecule has 0 bridgehead atoms. The molecule has 138 valence electrons. The summed E-state index contributed by atoms with van der Waals surface area (Å²) in [6.45, 7) is 6.63. The Morgan fingerprint density at radius 3 is 2.62 bits per heavy atom. The highest BCUT2D eigenvalue weighted by atomic mass is 16.6. The van der Waals surface area contributed by atoms with Crippen molar-refractivity contribution in [1.29, 1.82) is 0 Å².